The lowest BCUT2D eigenvalue weighted by molar-refractivity contribution is -0.138. The summed E-state index contributed by atoms with van der Waals surface area (Å²) < 4.78 is 97.3. The molecule has 0 bridgehead atoms. The minimum absolute atomic E-state index is 0.0109. The van der Waals surface area contributed by atoms with Crippen LogP contribution in [-0.4, -0.2) is 63.7 Å². The van der Waals surface area contributed by atoms with Gasteiger partial charge in [0.05, 0.1) is 37.0 Å². The van der Waals surface area contributed by atoms with Crippen LogP contribution >= 0.6 is 11.6 Å². The third-order valence-electron chi connectivity index (χ3n) is 8.75. The number of nitrogens with one attached hydrogen (secondary N) is 1. The number of benzene rings is 3. The van der Waals surface area contributed by atoms with Crippen LogP contribution in [0.5, 0.6) is 11.5 Å². The zero-order valence-electron chi connectivity index (χ0n) is 27.2. The van der Waals surface area contributed by atoms with Gasteiger partial charge in [-0.1, -0.05) is 29.8 Å². The summed E-state index contributed by atoms with van der Waals surface area (Å²) in [6.45, 7) is -0.269. The zero-order valence-corrected chi connectivity index (χ0v) is 28.8. The standard InChI is InChI=1S/C34H36ClF4N5O4S/c1-43(2)30-15-21(24-7-5-6-8-25(24)34(37,38)39)10-12-28(30)42-29-18-27(36)32(17-26(29)35)49(45,46)44(33-13-14-40-20-41-33)19-22-9-11-23(47-3)16-31(22)48-4/h5-9,11,13-14,16-18,20-21,28,30,42H,10,12,15,19H2,1-4H3/t21-,28?,30?/m0/s1. The summed E-state index contributed by atoms with van der Waals surface area (Å²) in [5.74, 6) is -0.571. The number of hydrogen-bond donors (Lipinski definition) is 1. The van der Waals surface area contributed by atoms with E-state index in [2.05, 4.69) is 15.3 Å². The number of rotatable bonds is 11. The summed E-state index contributed by atoms with van der Waals surface area (Å²) in [6.07, 6.45) is -0.613. The van der Waals surface area contributed by atoms with Gasteiger partial charge in [-0.05, 0) is 75.2 Å². The van der Waals surface area contributed by atoms with Gasteiger partial charge in [0.2, 0.25) is 0 Å². The van der Waals surface area contributed by atoms with Crippen molar-refractivity contribution in [2.45, 2.75) is 54.9 Å². The summed E-state index contributed by atoms with van der Waals surface area (Å²) >= 11 is 6.63. The molecule has 1 aliphatic rings. The summed E-state index contributed by atoms with van der Waals surface area (Å²) in [5.41, 5.74) is 0.222. The molecule has 0 saturated heterocycles. The maximum Gasteiger partial charge on any atom is 0.416 e. The molecular formula is C34H36ClF4N5O4S. The number of halogens is 5. The molecule has 1 aromatic heterocycles. The van der Waals surface area contributed by atoms with E-state index in [1.165, 1.54) is 44.9 Å². The van der Waals surface area contributed by atoms with E-state index in [4.69, 9.17) is 21.1 Å². The fourth-order valence-electron chi connectivity index (χ4n) is 6.29. The number of aromatic nitrogens is 2. The second kappa shape index (κ2) is 14.8. The second-order valence-corrected chi connectivity index (χ2v) is 14.1. The van der Waals surface area contributed by atoms with Crippen LogP contribution in [0.15, 0.2) is 78.1 Å². The average Bonchev–Trinajstić information content (AvgIpc) is 3.08. The van der Waals surface area contributed by atoms with Crippen LogP contribution in [0.2, 0.25) is 5.02 Å². The summed E-state index contributed by atoms with van der Waals surface area (Å²) in [5, 5.41) is 3.20. The molecule has 0 aliphatic heterocycles. The van der Waals surface area contributed by atoms with E-state index in [0.29, 0.717) is 36.3 Å². The maximum absolute atomic E-state index is 15.9. The van der Waals surface area contributed by atoms with E-state index in [0.717, 1.165) is 22.5 Å². The number of sulfonamides is 1. The Kier molecular flexibility index (Phi) is 10.9. The molecule has 2 unspecified atom stereocenters. The monoisotopic (exact) mass is 721 g/mol. The summed E-state index contributed by atoms with van der Waals surface area (Å²) in [7, 11) is 1.97. The number of alkyl halides is 3. The molecule has 15 heteroatoms. The molecular weight excluding hydrogens is 686 g/mol. The molecule has 1 N–H and O–H groups in total. The zero-order chi connectivity index (χ0) is 35.5. The first-order valence-electron chi connectivity index (χ1n) is 15.3. The lowest BCUT2D eigenvalue weighted by atomic mass is 9.76. The van der Waals surface area contributed by atoms with Gasteiger partial charge in [-0.3, -0.25) is 0 Å². The van der Waals surface area contributed by atoms with Gasteiger partial charge in [0.25, 0.3) is 10.0 Å². The molecule has 4 aromatic rings. The first kappa shape index (κ1) is 36.1. The Balaban J connectivity index is 1.43. The van der Waals surface area contributed by atoms with Gasteiger partial charge in [0.15, 0.2) is 0 Å². The first-order chi connectivity index (χ1) is 23.2. The SMILES string of the molecule is COc1ccc(CN(c2ccncn2)S(=O)(=O)c2cc(Cl)c(NC3CC[C@H](c4ccccc4C(F)(F)F)CC3N(C)C)cc2F)c(OC)c1. The lowest BCUT2D eigenvalue weighted by Gasteiger charge is -2.41. The number of methoxy groups -OCH3 is 2. The second-order valence-electron chi connectivity index (χ2n) is 11.9. The van der Waals surface area contributed by atoms with Crippen molar-refractivity contribution in [2.24, 2.45) is 0 Å². The quantitative estimate of drug-likeness (QED) is 0.160. The predicted octanol–water partition coefficient (Wildman–Crippen LogP) is 7.38. The largest absolute Gasteiger partial charge is 0.497 e. The third kappa shape index (κ3) is 7.86. The van der Waals surface area contributed by atoms with Crippen LogP contribution in [-0.2, 0) is 22.7 Å². The Hall–Kier alpha value is -4.14. The van der Waals surface area contributed by atoms with E-state index in [1.807, 2.05) is 19.0 Å². The minimum Gasteiger partial charge on any atom is -0.497 e. The Morgan fingerprint density at radius 3 is 2.43 bits per heavy atom. The van der Waals surface area contributed by atoms with Crippen LogP contribution in [0.1, 0.15) is 41.9 Å². The van der Waals surface area contributed by atoms with Gasteiger partial charge in [-0.25, -0.2) is 27.1 Å². The van der Waals surface area contributed by atoms with Crippen molar-refractivity contribution in [3.63, 3.8) is 0 Å². The fourth-order valence-corrected chi connectivity index (χ4v) is 8.05. The molecule has 49 heavy (non-hydrogen) atoms. The molecule has 1 aliphatic carbocycles. The van der Waals surface area contributed by atoms with Crippen molar-refractivity contribution < 1.29 is 35.5 Å². The highest BCUT2D eigenvalue weighted by Crippen LogP contribution is 2.43. The minimum atomic E-state index is -4.61. The van der Waals surface area contributed by atoms with Crippen molar-refractivity contribution in [2.75, 3.05) is 37.9 Å². The van der Waals surface area contributed by atoms with Crippen molar-refractivity contribution in [3.05, 3.63) is 101 Å². The van der Waals surface area contributed by atoms with Gasteiger partial charge >= 0.3 is 6.18 Å². The number of hydrogen-bond acceptors (Lipinski definition) is 8. The average molecular weight is 722 g/mol. The molecule has 262 valence electrons. The van der Waals surface area contributed by atoms with E-state index in [9.17, 15) is 21.6 Å². The van der Waals surface area contributed by atoms with Gasteiger partial charge in [-0.2, -0.15) is 13.2 Å². The number of nitrogens with zero attached hydrogens (tertiary/aromatic N) is 4. The van der Waals surface area contributed by atoms with E-state index in [1.54, 1.807) is 24.3 Å². The Labute approximate surface area is 287 Å². The first-order valence-corrected chi connectivity index (χ1v) is 17.1. The highest BCUT2D eigenvalue weighted by Gasteiger charge is 2.39. The van der Waals surface area contributed by atoms with Crippen LogP contribution in [0.3, 0.4) is 0 Å². The molecule has 3 aromatic carbocycles. The summed E-state index contributed by atoms with van der Waals surface area (Å²) in [4.78, 5) is 9.22. The van der Waals surface area contributed by atoms with Gasteiger partial charge in [0.1, 0.15) is 34.4 Å². The molecule has 0 spiro atoms. The number of likely N-dealkylation sites (N-methyl/N-ethyl adjacent to an activating group) is 1. The van der Waals surface area contributed by atoms with Crippen molar-refractivity contribution in [1.82, 2.24) is 14.9 Å². The van der Waals surface area contributed by atoms with Crippen molar-refractivity contribution in [1.29, 1.82) is 0 Å². The molecule has 1 heterocycles. The third-order valence-corrected chi connectivity index (χ3v) is 10.8. The normalized spacial score (nSPS) is 18.3. The molecule has 0 amide bonds. The Bertz CT molecular complexity index is 1880. The molecule has 9 nitrogen and oxygen atoms in total. The number of ether oxygens (including phenoxy) is 2. The van der Waals surface area contributed by atoms with Crippen LogP contribution in [0, 0.1) is 5.82 Å². The Morgan fingerprint density at radius 1 is 1.02 bits per heavy atom. The van der Waals surface area contributed by atoms with Gasteiger partial charge in [0, 0.05) is 36.0 Å². The lowest BCUT2D eigenvalue weighted by Crippen LogP contribution is -2.47. The molecule has 1 saturated carbocycles. The van der Waals surface area contributed by atoms with Gasteiger partial charge < -0.3 is 19.7 Å². The van der Waals surface area contributed by atoms with E-state index in [-0.39, 0.29) is 46.6 Å². The van der Waals surface area contributed by atoms with Gasteiger partial charge in [-0.15, -0.1) is 0 Å². The predicted molar refractivity (Wildman–Crippen MR) is 179 cm³/mol. The molecule has 1 fully saturated rings. The van der Waals surface area contributed by atoms with Crippen molar-refractivity contribution in [3.8, 4) is 11.5 Å². The van der Waals surface area contributed by atoms with Crippen molar-refractivity contribution >= 4 is 33.1 Å². The van der Waals surface area contributed by atoms with Crippen LogP contribution in [0.4, 0.5) is 29.1 Å². The van der Waals surface area contributed by atoms with Crippen LogP contribution < -0.4 is 19.1 Å². The van der Waals surface area contributed by atoms with E-state index >= 15 is 4.39 Å². The molecule has 0 radical (unpaired) electrons. The Morgan fingerprint density at radius 2 is 1.78 bits per heavy atom. The maximum atomic E-state index is 15.9. The topological polar surface area (TPSA) is 96.9 Å². The molecule has 3 atom stereocenters. The smallest absolute Gasteiger partial charge is 0.416 e. The highest BCUT2D eigenvalue weighted by atomic mass is 35.5. The van der Waals surface area contributed by atoms with E-state index < -0.39 is 32.5 Å². The summed E-state index contributed by atoms with van der Waals surface area (Å²) in [6, 6.07) is 13.4. The fraction of sp³-hybridized carbons (Fsp3) is 0.353. The highest BCUT2D eigenvalue weighted by molar-refractivity contribution is 7.92. The van der Waals surface area contributed by atoms with Crippen LogP contribution in [0.25, 0.3) is 0 Å². The number of anilines is 2. The molecule has 5 rings (SSSR count).